The molecule has 0 saturated heterocycles. The van der Waals surface area contributed by atoms with Crippen LogP contribution in [0.25, 0.3) is 11.0 Å². The summed E-state index contributed by atoms with van der Waals surface area (Å²) in [6.45, 7) is 0. The van der Waals surface area contributed by atoms with Gasteiger partial charge in [-0.1, -0.05) is 52.3 Å². The molecule has 166 valence electrons. The van der Waals surface area contributed by atoms with Crippen molar-refractivity contribution in [3.8, 4) is 17.6 Å². The Morgan fingerprint density at radius 1 is 1.06 bits per heavy atom. The highest BCUT2D eigenvalue weighted by Crippen LogP contribution is 2.43. The van der Waals surface area contributed by atoms with E-state index in [4.69, 9.17) is 19.6 Å². The van der Waals surface area contributed by atoms with Crippen LogP contribution in [0.2, 0.25) is 0 Å². The van der Waals surface area contributed by atoms with Gasteiger partial charge in [-0.2, -0.15) is 5.26 Å². The molecule has 1 aromatic heterocycles. The highest BCUT2D eigenvalue weighted by Gasteiger charge is 2.31. The van der Waals surface area contributed by atoms with Crippen LogP contribution in [-0.4, -0.2) is 5.97 Å². The van der Waals surface area contributed by atoms with E-state index < -0.39 is 17.5 Å². The number of nitrogens with zero attached hydrogens (tertiary/aromatic N) is 1. The number of allylic oxidation sites excluding steroid dienone is 1. The maximum absolute atomic E-state index is 12.7. The number of nitriles is 1. The van der Waals surface area contributed by atoms with E-state index in [-0.39, 0.29) is 22.8 Å². The van der Waals surface area contributed by atoms with Gasteiger partial charge in [0, 0.05) is 21.5 Å². The monoisotopic (exact) mass is 514 g/mol. The Kier molecular flexibility index (Phi) is 5.40. The first kappa shape index (κ1) is 21.5. The number of hydrogen-bond acceptors (Lipinski definition) is 7. The average molecular weight is 515 g/mol. The summed E-state index contributed by atoms with van der Waals surface area (Å²) in [5, 5.41) is 10.3. The van der Waals surface area contributed by atoms with Crippen molar-refractivity contribution in [2.24, 2.45) is 5.73 Å². The van der Waals surface area contributed by atoms with Crippen molar-refractivity contribution in [2.45, 2.75) is 5.92 Å². The molecule has 7 nitrogen and oxygen atoms in total. The van der Waals surface area contributed by atoms with Gasteiger partial charge in [-0.3, -0.25) is 0 Å². The molecule has 34 heavy (non-hydrogen) atoms. The van der Waals surface area contributed by atoms with Crippen LogP contribution < -0.4 is 20.8 Å². The fourth-order valence-corrected chi connectivity index (χ4v) is 4.13. The van der Waals surface area contributed by atoms with Crippen LogP contribution >= 0.6 is 15.9 Å². The van der Waals surface area contributed by atoms with Crippen molar-refractivity contribution in [1.29, 1.82) is 5.26 Å². The lowest BCUT2D eigenvalue weighted by atomic mass is 9.83. The number of hydrogen-bond donors (Lipinski definition) is 1. The first-order chi connectivity index (χ1) is 16.4. The van der Waals surface area contributed by atoms with Crippen LogP contribution in [0.5, 0.6) is 11.5 Å². The van der Waals surface area contributed by atoms with E-state index in [1.165, 1.54) is 12.1 Å². The number of fused-ring (bicyclic) bond motifs is 2. The molecule has 2 heterocycles. The van der Waals surface area contributed by atoms with Gasteiger partial charge >= 0.3 is 11.6 Å². The van der Waals surface area contributed by atoms with E-state index >= 15 is 0 Å². The molecule has 4 aromatic rings. The number of ether oxygens (including phenoxy) is 2. The molecule has 1 atom stereocenters. The zero-order valence-corrected chi connectivity index (χ0v) is 19.0. The van der Waals surface area contributed by atoms with E-state index in [0.717, 1.165) is 10.0 Å². The molecule has 1 aliphatic rings. The zero-order valence-electron chi connectivity index (χ0n) is 17.4. The Morgan fingerprint density at radius 3 is 2.59 bits per heavy atom. The predicted octanol–water partition coefficient (Wildman–Crippen LogP) is 4.99. The third-order valence-electron chi connectivity index (χ3n) is 5.47. The van der Waals surface area contributed by atoms with Crippen LogP contribution in [-0.2, 0) is 0 Å². The van der Waals surface area contributed by atoms with Crippen LogP contribution in [0.1, 0.15) is 27.4 Å². The summed E-state index contributed by atoms with van der Waals surface area (Å²) >= 11 is 3.41. The summed E-state index contributed by atoms with van der Waals surface area (Å²) in [4.78, 5) is 25.0. The average Bonchev–Trinajstić information content (AvgIpc) is 2.83. The molecule has 8 heteroatoms. The smallest absolute Gasteiger partial charge is 0.351 e. The van der Waals surface area contributed by atoms with Crippen LogP contribution in [0.15, 0.2) is 97.9 Å². The second-order valence-corrected chi connectivity index (χ2v) is 8.47. The molecule has 1 unspecified atom stereocenters. The maximum Gasteiger partial charge on any atom is 0.351 e. The molecule has 0 amide bonds. The largest absolute Gasteiger partial charge is 0.440 e. The molecule has 3 aromatic carbocycles. The van der Waals surface area contributed by atoms with Gasteiger partial charge in [-0.05, 0) is 35.9 Å². The number of para-hydroxylation sites is 1. The van der Waals surface area contributed by atoms with Crippen molar-refractivity contribution in [2.75, 3.05) is 0 Å². The highest BCUT2D eigenvalue weighted by molar-refractivity contribution is 9.10. The minimum atomic E-state index is -0.860. The first-order valence-corrected chi connectivity index (χ1v) is 11.0. The summed E-state index contributed by atoms with van der Waals surface area (Å²) in [5.74, 6) is -0.832. The van der Waals surface area contributed by atoms with Crippen molar-refractivity contribution in [3.05, 3.63) is 116 Å². The van der Waals surface area contributed by atoms with Gasteiger partial charge in [0.2, 0.25) is 5.88 Å². The Bertz CT molecular complexity index is 1580. The molecule has 1 aliphatic heterocycles. The Labute approximate surface area is 201 Å². The van der Waals surface area contributed by atoms with Crippen molar-refractivity contribution < 1.29 is 18.7 Å². The molecule has 0 saturated carbocycles. The molecule has 0 spiro atoms. The number of carbonyl (C=O) groups is 1. The standard InChI is InChI=1S/C26H15BrN2O5/c27-16-7-5-14(6-8-16)23-18-10-9-17(12-22(18)33-24(29)20(23)13-28)32-25(30)19-11-15-3-1-2-4-21(15)34-26(19)31/h1-12,23H,29H2. The summed E-state index contributed by atoms with van der Waals surface area (Å²) in [6, 6.07) is 22.8. The van der Waals surface area contributed by atoms with Crippen molar-refractivity contribution in [1.82, 2.24) is 0 Å². The summed E-state index contributed by atoms with van der Waals surface area (Å²) < 4.78 is 17.2. The van der Waals surface area contributed by atoms with E-state index in [0.29, 0.717) is 22.3 Å². The quantitative estimate of drug-likeness (QED) is 0.232. The lowest BCUT2D eigenvalue weighted by molar-refractivity contribution is 0.0730. The van der Waals surface area contributed by atoms with Gasteiger partial charge in [0.1, 0.15) is 34.3 Å². The number of benzene rings is 3. The summed E-state index contributed by atoms with van der Waals surface area (Å²) in [7, 11) is 0. The fourth-order valence-electron chi connectivity index (χ4n) is 3.86. The molecule has 0 fully saturated rings. The van der Waals surface area contributed by atoms with Gasteiger partial charge in [-0.25, -0.2) is 9.59 Å². The Morgan fingerprint density at radius 2 is 1.82 bits per heavy atom. The number of rotatable bonds is 3. The van der Waals surface area contributed by atoms with Gasteiger partial charge in [0.05, 0.1) is 5.92 Å². The zero-order chi connectivity index (χ0) is 23.8. The van der Waals surface area contributed by atoms with E-state index in [1.54, 1.807) is 36.4 Å². The molecule has 2 N–H and O–H groups in total. The minimum absolute atomic E-state index is 0.0263. The molecular formula is C26H15BrN2O5. The lowest BCUT2D eigenvalue weighted by Crippen LogP contribution is -2.21. The topological polar surface area (TPSA) is 116 Å². The summed E-state index contributed by atoms with van der Waals surface area (Å²) in [6.07, 6.45) is 0. The van der Waals surface area contributed by atoms with Gasteiger partial charge in [-0.15, -0.1) is 0 Å². The van der Waals surface area contributed by atoms with Crippen molar-refractivity contribution >= 4 is 32.9 Å². The van der Waals surface area contributed by atoms with Crippen molar-refractivity contribution in [3.63, 3.8) is 0 Å². The number of carbonyl (C=O) groups excluding carboxylic acids is 1. The summed E-state index contributed by atoms with van der Waals surface area (Å²) in [5.41, 5.74) is 7.23. The van der Waals surface area contributed by atoms with Gasteiger partial charge in [0.15, 0.2) is 0 Å². The fraction of sp³-hybridized carbons (Fsp3) is 0.0385. The first-order valence-electron chi connectivity index (χ1n) is 10.2. The van der Waals surface area contributed by atoms with E-state index in [2.05, 4.69) is 22.0 Å². The lowest BCUT2D eigenvalue weighted by Gasteiger charge is -2.26. The maximum atomic E-state index is 12.7. The Hall–Kier alpha value is -4.35. The molecule has 0 aliphatic carbocycles. The number of nitrogens with two attached hydrogens (primary N) is 1. The molecular weight excluding hydrogens is 500 g/mol. The van der Waals surface area contributed by atoms with Crippen LogP contribution in [0.4, 0.5) is 0 Å². The van der Waals surface area contributed by atoms with E-state index in [1.807, 2.05) is 24.3 Å². The molecule has 0 bridgehead atoms. The van der Waals surface area contributed by atoms with Crippen LogP contribution in [0.3, 0.4) is 0 Å². The third kappa shape index (κ3) is 3.83. The van der Waals surface area contributed by atoms with E-state index in [9.17, 15) is 14.9 Å². The minimum Gasteiger partial charge on any atom is -0.440 e. The SMILES string of the molecule is N#CC1=C(N)Oc2cc(OC(=O)c3cc4ccccc4oc3=O)ccc2C1c1ccc(Br)cc1. The predicted molar refractivity (Wildman–Crippen MR) is 127 cm³/mol. The van der Waals surface area contributed by atoms with Gasteiger partial charge in [0.25, 0.3) is 0 Å². The molecule has 5 rings (SSSR count). The van der Waals surface area contributed by atoms with Gasteiger partial charge < -0.3 is 19.6 Å². The Balaban J connectivity index is 1.49. The number of esters is 1. The highest BCUT2D eigenvalue weighted by atomic mass is 79.9. The number of halogens is 1. The van der Waals surface area contributed by atoms with Crippen LogP contribution in [0, 0.1) is 11.3 Å². The normalized spacial score (nSPS) is 14.8. The second-order valence-electron chi connectivity index (χ2n) is 7.55. The molecule has 0 radical (unpaired) electrons. The second kappa shape index (κ2) is 8.54. The third-order valence-corrected chi connectivity index (χ3v) is 5.99.